The highest BCUT2D eigenvalue weighted by atomic mass is 32.2. The van der Waals surface area contributed by atoms with Gasteiger partial charge in [-0.2, -0.15) is 0 Å². The number of hydrogen-bond donors (Lipinski definition) is 1. The highest BCUT2D eigenvalue weighted by Crippen LogP contribution is 2.37. The normalized spacial score (nSPS) is 12.7. The van der Waals surface area contributed by atoms with Gasteiger partial charge in [0.2, 0.25) is 5.91 Å². The van der Waals surface area contributed by atoms with Gasteiger partial charge in [-0.1, -0.05) is 49.9 Å². The van der Waals surface area contributed by atoms with Crippen molar-refractivity contribution in [3.63, 3.8) is 0 Å². The molecule has 9 nitrogen and oxygen atoms in total. The third-order valence-electron chi connectivity index (χ3n) is 6.29. The zero-order chi connectivity index (χ0) is 27.0. The van der Waals surface area contributed by atoms with E-state index in [2.05, 4.69) is 24.1 Å². The summed E-state index contributed by atoms with van der Waals surface area (Å²) >= 11 is 2.65. The number of benzene rings is 3. The van der Waals surface area contributed by atoms with Gasteiger partial charge in [0.25, 0.3) is 17.5 Å². The van der Waals surface area contributed by atoms with E-state index in [0.29, 0.717) is 15.5 Å². The monoisotopic (exact) mass is 546 g/mol. The molecule has 5 rings (SSSR count). The van der Waals surface area contributed by atoms with Crippen LogP contribution in [0, 0.1) is 10.1 Å². The lowest BCUT2D eigenvalue weighted by atomic mass is 10.0. The molecular weight excluding hydrogens is 524 g/mol. The zero-order valence-electron chi connectivity index (χ0n) is 20.5. The highest BCUT2D eigenvalue weighted by molar-refractivity contribution is 8.01. The van der Waals surface area contributed by atoms with E-state index in [1.165, 1.54) is 41.3 Å². The van der Waals surface area contributed by atoms with Crippen LogP contribution in [-0.2, 0) is 17.6 Å². The molecule has 4 aromatic rings. The summed E-state index contributed by atoms with van der Waals surface area (Å²) in [6, 6.07) is 15.0. The molecule has 1 aliphatic heterocycles. The average Bonchev–Trinajstić information content (AvgIpc) is 3.44. The van der Waals surface area contributed by atoms with Gasteiger partial charge in [0, 0.05) is 11.8 Å². The number of imide groups is 1. The van der Waals surface area contributed by atoms with Crippen LogP contribution in [0.25, 0.3) is 10.2 Å². The fourth-order valence-electron chi connectivity index (χ4n) is 4.45. The number of anilines is 2. The van der Waals surface area contributed by atoms with E-state index in [1.807, 2.05) is 18.2 Å². The molecule has 0 atom stereocenters. The van der Waals surface area contributed by atoms with Crippen molar-refractivity contribution in [2.75, 3.05) is 16.0 Å². The lowest BCUT2D eigenvalue weighted by molar-refractivity contribution is -0.385. The molecular formula is C27H22N4O5S2. The number of nitrogens with one attached hydrogen (secondary N) is 1. The van der Waals surface area contributed by atoms with Gasteiger partial charge in [-0.05, 0) is 48.2 Å². The summed E-state index contributed by atoms with van der Waals surface area (Å²) in [6.07, 6.45) is 1.63. The van der Waals surface area contributed by atoms with Gasteiger partial charge in [-0.15, -0.1) is 11.3 Å². The van der Waals surface area contributed by atoms with Gasteiger partial charge in [-0.3, -0.25) is 24.5 Å². The molecule has 0 saturated heterocycles. The Morgan fingerprint density at radius 3 is 2.45 bits per heavy atom. The first kappa shape index (κ1) is 25.6. The molecule has 0 radical (unpaired) electrons. The van der Waals surface area contributed by atoms with Crippen LogP contribution >= 0.6 is 23.1 Å². The smallest absolute Gasteiger partial charge is 0.283 e. The molecule has 3 amide bonds. The predicted molar refractivity (Wildman–Crippen MR) is 148 cm³/mol. The largest absolute Gasteiger partial charge is 0.325 e. The Kier molecular flexibility index (Phi) is 6.96. The molecule has 0 bridgehead atoms. The Morgan fingerprint density at radius 1 is 1.05 bits per heavy atom. The maximum atomic E-state index is 13.0. The molecule has 0 fully saturated rings. The Morgan fingerprint density at radius 2 is 1.76 bits per heavy atom. The van der Waals surface area contributed by atoms with E-state index in [0.717, 1.165) is 39.3 Å². The van der Waals surface area contributed by atoms with Crippen molar-refractivity contribution in [2.24, 2.45) is 0 Å². The first-order valence-electron chi connectivity index (χ1n) is 11.9. The minimum Gasteiger partial charge on any atom is -0.325 e. The number of thiazole rings is 1. The maximum Gasteiger partial charge on any atom is 0.283 e. The fourth-order valence-corrected chi connectivity index (χ4v) is 6.35. The van der Waals surface area contributed by atoms with Crippen molar-refractivity contribution in [2.45, 2.75) is 31.0 Å². The molecule has 1 aliphatic rings. The number of fused-ring (bicyclic) bond motifs is 2. The van der Waals surface area contributed by atoms with Crippen molar-refractivity contribution in [1.29, 1.82) is 0 Å². The Labute approximate surface area is 226 Å². The van der Waals surface area contributed by atoms with Crippen LogP contribution in [0.3, 0.4) is 0 Å². The molecule has 11 heteroatoms. The lowest BCUT2D eigenvalue weighted by Gasteiger charge is -2.14. The van der Waals surface area contributed by atoms with Crippen LogP contribution in [0.4, 0.5) is 17.1 Å². The molecule has 1 N–H and O–H groups in total. The zero-order valence-corrected chi connectivity index (χ0v) is 22.1. The van der Waals surface area contributed by atoms with Gasteiger partial charge < -0.3 is 5.32 Å². The van der Waals surface area contributed by atoms with Gasteiger partial charge in [0.05, 0.1) is 32.1 Å². The number of hydrogen-bond acceptors (Lipinski definition) is 8. The third-order valence-corrected chi connectivity index (χ3v) is 8.45. The number of amides is 3. The second kappa shape index (κ2) is 10.3. The number of carbonyl (C=O) groups is 3. The standard InChI is InChI=1S/C27H22N4O5S2/c1-3-15-7-5-8-16(4-2)24(15)29-22(32)14-37-27-28-19-12-11-17(13-21(19)38-27)30-25(33)18-9-6-10-20(31(35)36)23(18)26(30)34/h5-13H,3-4,14H2,1-2H3,(H,29,32). The number of aromatic nitrogens is 1. The molecule has 1 aromatic heterocycles. The van der Waals surface area contributed by atoms with Crippen molar-refractivity contribution >= 4 is 68.1 Å². The number of nitro groups is 1. The van der Waals surface area contributed by atoms with Gasteiger partial charge in [-0.25, -0.2) is 9.88 Å². The molecule has 38 heavy (non-hydrogen) atoms. The minimum atomic E-state index is -0.730. The minimum absolute atomic E-state index is 0.00624. The number of nitro benzene ring substituents is 1. The Bertz CT molecular complexity index is 1610. The number of nitrogens with zero attached hydrogens (tertiary/aromatic N) is 3. The van der Waals surface area contributed by atoms with E-state index in [1.54, 1.807) is 18.2 Å². The quantitative estimate of drug-likeness (QED) is 0.127. The lowest BCUT2D eigenvalue weighted by Crippen LogP contribution is -2.29. The van der Waals surface area contributed by atoms with E-state index in [9.17, 15) is 24.5 Å². The number of para-hydroxylation sites is 1. The van der Waals surface area contributed by atoms with Crippen LogP contribution in [0.5, 0.6) is 0 Å². The van der Waals surface area contributed by atoms with Crippen LogP contribution in [0.1, 0.15) is 45.7 Å². The van der Waals surface area contributed by atoms with Crippen molar-refractivity contribution in [1.82, 2.24) is 4.98 Å². The van der Waals surface area contributed by atoms with Crippen LogP contribution < -0.4 is 10.2 Å². The second-order valence-electron chi connectivity index (χ2n) is 8.53. The number of carbonyl (C=O) groups excluding carboxylic acids is 3. The van der Waals surface area contributed by atoms with Crippen molar-refractivity contribution in [3.05, 3.63) is 87.0 Å². The predicted octanol–water partition coefficient (Wildman–Crippen LogP) is 5.86. The first-order valence-corrected chi connectivity index (χ1v) is 13.7. The van der Waals surface area contributed by atoms with Gasteiger partial charge >= 0.3 is 0 Å². The van der Waals surface area contributed by atoms with E-state index < -0.39 is 22.4 Å². The summed E-state index contributed by atoms with van der Waals surface area (Å²) in [4.78, 5) is 55.0. The van der Waals surface area contributed by atoms with E-state index >= 15 is 0 Å². The number of aryl methyl sites for hydroxylation is 2. The van der Waals surface area contributed by atoms with Crippen LogP contribution in [0.2, 0.25) is 0 Å². The van der Waals surface area contributed by atoms with Gasteiger partial charge in [0.1, 0.15) is 5.56 Å². The maximum absolute atomic E-state index is 13.0. The summed E-state index contributed by atoms with van der Waals surface area (Å²) in [6.45, 7) is 4.11. The molecule has 0 aliphatic carbocycles. The fraction of sp³-hybridized carbons (Fsp3) is 0.185. The number of thioether (sulfide) groups is 1. The second-order valence-corrected chi connectivity index (χ2v) is 10.8. The first-order chi connectivity index (χ1) is 18.3. The molecule has 0 unspecified atom stereocenters. The van der Waals surface area contributed by atoms with E-state index in [4.69, 9.17) is 0 Å². The SMILES string of the molecule is CCc1cccc(CC)c1NC(=O)CSc1nc2ccc(N3C(=O)c4cccc([N+](=O)[O-])c4C3=O)cc2s1. The third kappa shape index (κ3) is 4.54. The average molecular weight is 547 g/mol. The molecule has 0 saturated carbocycles. The summed E-state index contributed by atoms with van der Waals surface area (Å²) in [5, 5.41) is 14.4. The van der Waals surface area contributed by atoms with Crippen molar-refractivity contribution < 1.29 is 19.3 Å². The summed E-state index contributed by atoms with van der Waals surface area (Å²) in [5.41, 5.74) is 3.43. The van der Waals surface area contributed by atoms with E-state index in [-0.39, 0.29) is 22.8 Å². The molecule has 3 aromatic carbocycles. The van der Waals surface area contributed by atoms with Crippen LogP contribution in [-0.4, -0.2) is 33.4 Å². The molecule has 2 heterocycles. The van der Waals surface area contributed by atoms with Gasteiger partial charge in [0.15, 0.2) is 4.34 Å². The Balaban J connectivity index is 1.33. The Hall–Kier alpha value is -4.09. The highest BCUT2D eigenvalue weighted by Gasteiger charge is 2.41. The molecule has 192 valence electrons. The number of rotatable bonds is 8. The van der Waals surface area contributed by atoms with Crippen molar-refractivity contribution in [3.8, 4) is 0 Å². The summed E-state index contributed by atoms with van der Waals surface area (Å²) in [7, 11) is 0. The molecule has 0 spiro atoms. The summed E-state index contributed by atoms with van der Waals surface area (Å²) < 4.78 is 1.39. The summed E-state index contributed by atoms with van der Waals surface area (Å²) in [5.74, 6) is -1.29. The van der Waals surface area contributed by atoms with Crippen LogP contribution in [0.15, 0.2) is 58.9 Å². The topological polar surface area (TPSA) is 123 Å².